The Balaban J connectivity index is 3.58. The molecule has 0 rings (SSSR count). The van der Waals surface area contributed by atoms with E-state index in [-0.39, 0.29) is 12.5 Å². The van der Waals surface area contributed by atoms with Gasteiger partial charge in [-0.3, -0.25) is 4.79 Å². The summed E-state index contributed by atoms with van der Waals surface area (Å²) in [6.45, 7) is 4.21. The number of aliphatic hydroxyl groups excluding tert-OH is 2. The number of unbranched alkanes of at least 4 members (excludes halogenated alkanes) is 18. The predicted molar refractivity (Wildman–Crippen MR) is 234 cm³/mol. The topological polar surface area (TPSA) is 69.6 Å². The van der Waals surface area contributed by atoms with Crippen molar-refractivity contribution in [2.45, 2.75) is 212 Å². The summed E-state index contributed by atoms with van der Waals surface area (Å²) in [5.41, 5.74) is 0. The van der Waals surface area contributed by atoms with Crippen LogP contribution in [0.15, 0.2) is 85.1 Å². The summed E-state index contributed by atoms with van der Waals surface area (Å²) in [5, 5.41) is 23.1. The average Bonchev–Trinajstić information content (AvgIpc) is 3.16. The monoisotopic (exact) mass is 736 g/mol. The second kappa shape index (κ2) is 44.0. The molecule has 0 saturated heterocycles. The van der Waals surface area contributed by atoms with Crippen LogP contribution in [0, 0.1) is 0 Å². The van der Waals surface area contributed by atoms with Crippen molar-refractivity contribution in [3.05, 3.63) is 85.1 Å². The molecule has 0 fully saturated rings. The number of aliphatic hydroxyl groups is 2. The van der Waals surface area contributed by atoms with E-state index in [1.165, 1.54) is 103 Å². The Kier molecular flexibility index (Phi) is 42.0. The molecule has 0 aliphatic carbocycles. The van der Waals surface area contributed by atoms with E-state index in [1.807, 2.05) is 0 Å². The number of amides is 1. The molecular formula is C49H85NO3. The van der Waals surface area contributed by atoms with Crippen molar-refractivity contribution in [1.82, 2.24) is 5.32 Å². The van der Waals surface area contributed by atoms with Gasteiger partial charge in [0, 0.05) is 6.42 Å². The molecule has 0 aliphatic rings. The fourth-order valence-electron chi connectivity index (χ4n) is 6.28. The van der Waals surface area contributed by atoms with Gasteiger partial charge < -0.3 is 15.5 Å². The van der Waals surface area contributed by atoms with Gasteiger partial charge in [-0.05, 0) is 70.6 Å². The number of hydrogen-bond donors (Lipinski definition) is 3. The van der Waals surface area contributed by atoms with Crippen LogP contribution in [0.3, 0.4) is 0 Å². The maximum Gasteiger partial charge on any atom is 0.220 e. The van der Waals surface area contributed by atoms with Crippen LogP contribution in [-0.4, -0.2) is 34.9 Å². The van der Waals surface area contributed by atoms with Gasteiger partial charge in [-0.25, -0.2) is 0 Å². The van der Waals surface area contributed by atoms with Crippen molar-refractivity contribution in [2.75, 3.05) is 6.61 Å². The van der Waals surface area contributed by atoms with Gasteiger partial charge in [0.1, 0.15) is 0 Å². The zero-order valence-electron chi connectivity index (χ0n) is 34.8. The minimum atomic E-state index is -0.664. The Morgan fingerprint density at radius 3 is 1.25 bits per heavy atom. The Morgan fingerprint density at radius 2 is 0.830 bits per heavy atom. The molecular weight excluding hydrogens is 651 g/mol. The van der Waals surface area contributed by atoms with Crippen LogP contribution in [0.1, 0.15) is 200 Å². The van der Waals surface area contributed by atoms with Crippen LogP contribution in [0.5, 0.6) is 0 Å². The molecule has 304 valence electrons. The maximum atomic E-state index is 12.4. The molecule has 4 nitrogen and oxygen atoms in total. The lowest BCUT2D eigenvalue weighted by atomic mass is 10.0. The molecule has 1 amide bonds. The molecule has 0 aliphatic heterocycles. The summed E-state index contributed by atoms with van der Waals surface area (Å²) in [6.07, 6.45) is 63.8. The second-order valence-electron chi connectivity index (χ2n) is 14.7. The summed E-state index contributed by atoms with van der Waals surface area (Å²) < 4.78 is 0. The summed E-state index contributed by atoms with van der Waals surface area (Å²) in [6, 6.07) is -0.542. The minimum absolute atomic E-state index is 0.0439. The van der Waals surface area contributed by atoms with Gasteiger partial charge in [0.25, 0.3) is 0 Å². The van der Waals surface area contributed by atoms with Crippen LogP contribution in [-0.2, 0) is 4.79 Å². The predicted octanol–water partition coefficient (Wildman–Crippen LogP) is 14.1. The fourth-order valence-corrected chi connectivity index (χ4v) is 6.28. The van der Waals surface area contributed by atoms with E-state index in [0.29, 0.717) is 12.8 Å². The molecule has 0 heterocycles. The number of carbonyl (C=O) groups is 1. The van der Waals surface area contributed by atoms with Crippen molar-refractivity contribution in [3.63, 3.8) is 0 Å². The summed E-state index contributed by atoms with van der Waals surface area (Å²) in [7, 11) is 0. The Labute approximate surface area is 329 Å². The Bertz CT molecular complexity index is 972. The van der Waals surface area contributed by atoms with E-state index in [9.17, 15) is 15.0 Å². The summed E-state index contributed by atoms with van der Waals surface area (Å²) >= 11 is 0. The first-order chi connectivity index (χ1) is 26.2. The molecule has 2 atom stereocenters. The standard InChI is InChI=1S/C49H85NO3/c1-3-5-7-9-11-13-15-16-17-18-19-20-21-22-23-24-25-26-27-28-29-30-31-32-33-34-35-37-39-41-43-45-49(53)50-47(46-51)48(52)44-42-40-38-36-14-12-10-8-6-4-2/h5,7,11,13,16-17,19-20,22-23,25-26,28-29,47-48,51-52H,3-4,6,8-10,12,14-15,18,21,24,27,30-46H2,1-2H3,(H,50,53)/b7-5-,13-11-,17-16-,20-19-,23-22-,26-25-,29-28-. The number of nitrogens with one attached hydrogen (secondary N) is 1. The van der Waals surface area contributed by atoms with Gasteiger partial charge in [0.2, 0.25) is 5.91 Å². The molecule has 0 spiro atoms. The second-order valence-corrected chi connectivity index (χ2v) is 14.7. The third kappa shape index (κ3) is 40.6. The van der Waals surface area contributed by atoms with Crippen LogP contribution >= 0.6 is 0 Å². The third-order valence-corrected chi connectivity index (χ3v) is 9.67. The SMILES string of the molecule is CC/C=C\C/C=C\C/C=C\C/C=C\C/C=C\C/C=C\C/C=C\CCCCCCCCCCCC(=O)NC(CO)C(O)CCCCCCCCCCCC. The lowest BCUT2D eigenvalue weighted by Gasteiger charge is -2.22. The first-order valence-corrected chi connectivity index (χ1v) is 22.3. The molecule has 0 aromatic heterocycles. The largest absolute Gasteiger partial charge is 0.394 e. The lowest BCUT2D eigenvalue weighted by Crippen LogP contribution is -2.45. The molecule has 3 N–H and O–H groups in total. The van der Waals surface area contributed by atoms with Crippen molar-refractivity contribution in [2.24, 2.45) is 0 Å². The fraction of sp³-hybridized carbons (Fsp3) is 0.694. The van der Waals surface area contributed by atoms with Crippen LogP contribution < -0.4 is 5.32 Å². The molecule has 0 aromatic rings. The summed E-state index contributed by atoms with van der Waals surface area (Å²) in [5.74, 6) is -0.0439. The van der Waals surface area contributed by atoms with Gasteiger partial charge in [-0.15, -0.1) is 0 Å². The highest BCUT2D eigenvalue weighted by molar-refractivity contribution is 5.76. The molecule has 2 unspecified atom stereocenters. The van der Waals surface area contributed by atoms with Crippen molar-refractivity contribution < 1.29 is 15.0 Å². The zero-order valence-corrected chi connectivity index (χ0v) is 34.8. The van der Waals surface area contributed by atoms with Gasteiger partial charge in [-0.1, -0.05) is 208 Å². The van der Waals surface area contributed by atoms with E-state index in [4.69, 9.17) is 0 Å². The van der Waals surface area contributed by atoms with Crippen molar-refractivity contribution >= 4 is 5.91 Å². The number of allylic oxidation sites excluding steroid dienone is 14. The minimum Gasteiger partial charge on any atom is -0.394 e. The number of rotatable bonds is 39. The van der Waals surface area contributed by atoms with Crippen molar-refractivity contribution in [3.8, 4) is 0 Å². The highest BCUT2D eigenvalue weighted by Gasteiger charge is 2.19. The van der Waals surface area contributed by atoms with Gasteiger partial charge in [-0.2, -0.15) is 0 Å². The van der Waals surface area contributed by atoms with E-state index in [1.54, 1.807) is 0 Å². The highest BCUT2D eigenvalue weighted by atomic mass is 16.3. The molecule has 0 bridgehead atoms. The molecule has 53 heavy (non-hydrogen) atoms. The number of carbonyl (C=O) groups excluding carboxylic acids is 1. The third-order valence-electron chi connectivity index (χ3n) is 9.67. The Morgan fingerprint density at radius 1 is 0.472 bits per heavy atom. The normalized spacial score (nSPS) is 13.8. The van der Waals surface area contributed by atoms with Gasteiger partial charge in [0.15, 0.2) is 0 Å². The van der Waals surface area contributed by atoms with Crippen LogP contribution in [0.25, 0.3) is 0 Å². The smallest absolute Gasteiger partial charge is 0.220 e. The van der Waals surface area contributed by atoms with E-state index in [2.05, 4.69) is 104 Å². The van der Waals surface area contributed by atoms with E-state index < -0.39 is 12.1 Å². The Hall–Kier alpha value is -2.43. The van der Waals surface area contributed by atoms with E-state index in [0.717, 1.165) is 70.6 Å². The highest BCUT2D eigenvalue weighted by Crippen LogP contribution is 2.14. The lowest BCUT2D eigenvalue weighted by molar-refractivity contribution is -0.123. The van der Waals surface area contributed by atoms with Crippen LogP contribution in [0.2, 0.25) is 0 Å². The van der Waals surface area contributed by atoms with Gasteiger partial charge >= 0.3 is 0 Å². The van der Waals surface area contributed by atoms with E-state index >= 15 is 0 Å². The average molecular weight is 736 g/mol. The van der Waals surface area contributed by atoms with Crippen molar-refractivity contribution in [1.29, 1.82) is 0 Å². The molecule has 4 heteroatoms. The zero-order chi connectivity index (χ0) is 38.6. The maximum absolute atomic E-state index is 12.4. The first kappa shape index (κ1) is 50.6. The van der Waals surface area contributed by atoms with Gasteiger partial charge in [0.05, 0.1) is 18.8 Å². The first-order valence-electron chi connectivity index (χ1n) is 22.3. The number of hydrogen-bond acceptors (Lipinski definition) is 3. The summed E-state index contributed by atoms with van der Waals surface area (Å²) in [4.78, 5) is 12.4. The van der Waals surface area contributed by atoms with Crippen LogP contribution in [0.4, 0.5) is 0 Å². The molecule has 0 radical (unpaired) electrons. The quantitative estimate of drug-likeness (QED) is 0.0435. The molecule has 0 saturated carbocycles. The molecule has 0 aromatic carbocycles.